The number of nitrogens with one attached hydrogen (secondary N) is 1. The summed E-state index contributed by atoms with van der Waals surface area (Å²) in [6.07, 6.45) is 0. The van der Waals surface area contributed by atoms with Crippen molar-refractivity contribution in [1.82, 2.24) is 10.2 Å². The van der Waals surface area contributed by atoms with Crippen LogP contribution in [0.5, 0.6) is 0 Å². The number of hydrogen-bond acceptors (Lipinski definition) is 3. The molecule has 1 atom stereocenters. The first kappa shape index (κ1) is 19.6. The van der Waals surface area contributed by atoms with Crippen LogP contribution in [0.2, 0.25) is 10.0 Å². The first-order chi connectivity index (χ1) is 10.4. The average Bonchev–Trinajstić information content (AvgIpc) is 2.46. The molecule has 22 heavy (non-hydrogen) atoms. The Bertz CT molecular complexity index is 536. The summed E-state index contributed by atoms with van der Waals surface area (Å²) in [6, 6.07) is 5.07. The largest absolute Gasteiger partial charge is 0.358 e. The molecule has 0 radical (unpaired) electrons. The molecular formula is C15H20Cl2N2OS2. The van der Waals surface area contributed by atoms with Crippen LogP contribution >= 0.6 is 47.2 Å². The Labute approximate surface area is 151 Å². The number of benzene rings is 1. The lowest BCUT2D eigenvalue weighted by Gasteiger charge is -2.21. The van der Waals surface area contributed by atoms with E-state index in [-0.39, 0.29) is 11.9 Å². The van der Waals surface area contributed by atoms with Crippen molar-refractivity contribution in [2.75, 3.05) is 18.8 Å². The quantitative estimate of drug-likeness (QED) is 0.736. The van der Waals surface area contributed by atoms with E-state index in [0.29, 0.717) is 15.8 Å². The van der Waals surface area contributed by atoms with E-state index in [4.69, 9.17) is 35.4 Å². The van der Waals surface area contributed by atoms with E-state index in [1.807, 2.05) is 31.7 Å². The summed E-state index contributed by atoms with van der Waals surface area (Å²) >= 11 is 18.7. The number of carbonyl (C=O) groups excluding carboxylic acids is 1. The highest BCUT2D eigenvalue weighted by Gasteiger charge is 2.14. The van der Waals surface area contributed by atoms with E-state index in [1.165, 1.54) is 11.8 Å². The van der Waals surface area contributed by atoms with Gasteiger partial charge in [-0.1, -0.05) is 53.2 Å². The van der Waals surface area contributed by atoms with E-state index in [2.05, 4.69) is 5.32 Å². The molecule has 1 rings (SSSR count). The van der Waals surface area contributed by atoms with Crippen LogP contribution < -0.4 is 5.32 Å². The Hall–Kier alpha value is -0.490. The smallest absolute Gasteiger partial charge is 0.230 e. The Kier molecular flexibility index (Phi) is 8.54. The molecule has 7 heteroatoms. The number of rotatable bonds is 6. The van der Waals surface area contributed by atoms with Crippen LogP contribution in [0.4, 0.5) is 0 Å². The van der Waals surface area contributed by atoms with Gasteiger partial charge in [0.1, 0.15) is 4.32 Å². The van der Waals surface area contributed by atoms with Crippen molar-refractivity contribution in [3.05, 3.63) is 33.8 Å². The molecule has 1 N–H and O–H groups in total. The standard InChI is InChI=1S/C15H20Cl2N2OS2/c1-4-19(5-2)15(21)22-9-14(20)18-10(3)12-7-6-11(16)8-13(12)17/h6-8,10H,4-5,9H2,1-3H3,(H,18,20)/t10-/m0/s1. The second kappa shape index (κ2) is 9.60. The molecule has 0 bridgehead atoms. The fourth-order valence-corrected chi connectivity index (χ4v) is 3.70. The van der Waals surface area contributed by atoms with Gasteiger partial charge in [-0.2, -0.15) is 0 Å². The minimum atomic E-state index is -0.181. The van der Waals surface area contributed by atoms with Gasteiger partial charge in [0.25, 0.3) is 0 Å². The van der Waals surface area contributed by atoms with Gasteiger partial charge in [-0.05, 0) is 38.5 Å². The van der Waals surface area contributed by atoms with Gasteiger partial charge >= 0.3 is 0 Å². The molecule has 0 spiro atoms. The Balaban J connectivity index is 2.52. The zero-order valence-electron chi connectivity index (χ0n) is 12.9. The molecule has 1 aromatic carbocycles. The first-order valence-electron chi connectivity index (χ1n) is 7.05. The van der Waals surface area contributed by atoms with Crippen molar-refractivity contribution < 1.29 is 4.79 Å². The van der Waals surface area contributed by atoms with Crippen molar-refractivity contribution in [3.8, 4) is 0 Å². The molecule has 0 saturated heterocycles. The number of thiocarbonyl (C=S) groups is 1. The Morgan fingerprint density at radius 2 is 2.00 bits per heavy atom. The number of hydrogen-bond donors (Lipinski definition) is 1. The van der Waals surface area contributed by atoms with E-state index >= 15 is 0 Å². The third-order valence-corrected chi connectivity index (χ3v) is 5.24. The van der Waals surface area contributed by atoms with Gasteiger partial charge in [0, 0.05) is 23.1 Å². The lowest BCUT2D eigenvalue weighted by molar-refractivity contribution is -0.119. The van der Waals surface area contributed by atoms with Gasteiger partial charge in [-0.15, -0.1) is 0 Å². The molecule has 0 aliphatic heterocycles. The molecule has 0 heterocycles. The van der Waals surface area contributed by atoms with Crippen LogP contribution in [-0.2, 0) is 4.79 Å². The van der Waals surface area contributed by atoms with Crippen LogP contribution in [0.3, 0.4) is 0 Å². The molecule has 0 aliphatic rings. The summed E-state index contributed by atoms with van der Waals surface area (Å²) in [5, 5.41) is 4.05. The fraction of sp³-hybridized carbons (Fsp3) is 0.467. The molecule has 0 aromatic heterocycles. The number of halogens is 2. The highest BCUT2D eigenvalue weighted by atomic mass is 35.5. The minimum Gasteiger partial charge on any atom is -0.358 e. The lowest BCUT2D eigenvalue weighted by atomic mass is 10.1. The van der Waals surface area contributed by atoms with E-state index in [9.17, 15) is 4.79 Å². The monoisotopic (exact) mass is 378 g/mol. The predicted octanol–water partition coefficient (Wildman–Crippen LogP) is 4.53. The van der Waals surface area contributed by atoms with Crippen molar-refractivity contribution in [1.29, 1.82) is 0 Å². The van der Waals surface area contributed by atoms with Crippen LogP contribution in [0.1, 0.15) is 32.4 Å². The van der Waals surface area contributed by atoms with Crippen LogP contribution in [-0.4, -0.2) is 34.0 Å². The van der Waals surface area contributed by atoms with Crippen molar-refractivity contribution in [3.63, 3.8) is 0 Å². The zero-order valence-corrected chi connectivity index (χ0v) is 16.0. The highest BCUT2D eigenvalue weighted by Crippen LogP contribution is 2.26. The van der Waals surface area contributed by atoms with Gasteiger partial charge in [0.15, 0.2) is 0 Å². The number of nitrogens with zero attached hydrogens (tertiary/aromatic N) is 1. The van der Waals surface area contributed by atoms with Crippen molar-refractivity contribution >= 4 is 57.4 Å². The zero-order chi connectivity index (χ0) is 16.7. The van der Waals surface area contributed by atoms with Crippen LogP contribution in [0.15, 0.2) is 18.2 Å². The van der Waals surface area contributed by atoms with Gasteiger partial charge in [-0.3, -0.25) is 4.79 Å². The summed E-state index contributed by atoms with van der Waals surface area (Å²) < 4.78 is 0.748. The summed E-state index contributed by atoms with van der Waals surface area (Å²) in [4.78, 5) is 14.1. The molecular weight excluding hydrogens is 359 g/mol. The van der Waals surface area contributed by atoms with Gasteiger partial charge in [0.05, 0.1) is 11.8 Å². The molecule has 0 aliphatic carbocycles. The maximum Gasteiger partial charge on any atom is 0.230 e. The summed E-state index contributed by atoms with van der Waals surface area (Å²) in [5.41, 5.74) is 0.843. The third-order valence-electron chi connectivity index (χ3n) is 3.15. The maximum absolute atomic E-state index is 12.0. The second-order valence-electron chi connectivity index (χ2n) is 4.68. The SMILES string of the molecule is CCN(CC)C(=S)SCC(=O)N[C@@H](C)c1ccc(Cl)cc1Cl. The molecule has 1 amide bonds. The van der Waals surface area contributed by atoms with Gasteiger partial charge in [0.2, 0.25) is 5.91 Å². The van der Waals surface area contributed by atoms with Crippen LogP contribution in [0, 0.1) is 0 Å². The first-order valence-corrected chi connectivity index (χ1v) is 9.20. The van der Waals surface area contributed by atoms with Gasteiger partial charge < -0.3 is 10.2 Å². The summed E-state index contributed by atoms with van der Waals surface area (Å²) in [5.74, 6) is 0.225. The second-order valence-corrected chi connectivity index (χ2v) is 7.13. The Morgan fingerprint density at radius 1 is 1.36 bits per heavy atom. The molecule has 122 valence electrons. The van der Waals surface area contributed by atoms with E-state index in [0.717, 1.165) is 23.0 Å². The third kappa shape index (κ3) is 5.95. The van der Waals surface area contributed by atoms with Crippen molar-refractivity contribution in [2.45, 2.75) is 26.8 Å². The normalized spacial score (nSPS) is 11.9. The maximum atomic E-state index is 12.0. The van der Waals surface area contributed by atoms with Crippen LogP contribution in [0.25, 0.3) is 0 Å². The van der Waals surface area contributed by atoms with E-state index < -0.39 is 0 Å². The Morgan fingerprint density at radius 3 is 2.55 bits per heavy atom. The van der Waals surface area contributed by atoms with Crippen molar-refractivity contribution in [2.24, 2.45) is 0 Å². The molecule has 1 aromatic rings. The molecule has 3 nitrogen and oxygen atoms in total. The molecule has 0 saturated carbocycles. The fourth-order valence-electron chi connectivity index (χ4n) is 1.91. The molecule has 0 unspecified atom stereocenters. The number of carbonyl (C=O) groups is 1. The number of thioether (sulfide) groups is 1. The predicted molar refractivity (Wildman–Crippen MR) is 101 cm³/mol. The topological polar surface area (TPSA) is 32.3 Å². The van der Waals surface area contributed by atoms with Gasteiger partial charge in [-0.25, -0.2) is 0 Å². The highest BCUT2D eigenvalue weighted by molar-refractivity contribution is 8.23. The minimum absolute atomic E-state index is 0.0713. The summed E-state index contributed by atoms with van der Waals surface area (Å²) in [6.45, 7) is 7.67. The lowest BCUT2D eigenvalue weighted by Crippen LogP contribution is -2.31. The summed E-state index contributed by atoms with van der Waals surface area (Å²) in [7, 11) is 0. The molecule has 0 fully saturated rings. The van der Waals surface area contributed by atoms with E-state index in [1.54, 1.807) is 12.1 Å². The average molecular weight is 379 g/mol. The number of amides is 1.